The van der Waals surface area contributed by atoms with E-state index in [1.165, 1.54) is 0 Å². The monoisotopic (exact) mass is 391 g/mol. The number of amides is 1. The maximum atomic E-state index is 12.5. The minimum Gasteiger partial charge on any atom is -0.390 e. The molecule has 1 aliphatic heterocycles. The van der Waals surface area contributed by atoms with Crippen LogP contribution in [0.15, 0.2) is 9.05 Å². The van der Waals surface area contributed by atoms with Gasteiger partial charge in [0.2, 0.25) is 5.91 Å². The Morgan fingerprint density at radius 3 is 2.64 bits per heavy atom. The van der Waals surface area contributed by atoms with E-state index in [1.54, 1.807) is 6.92 Å². The van der Waals surface area contributed by atoms with E-state index in [-0.39, 0.29) is 12.3 Å². The molecule has 1 aliphatic rings. The average Bonchev–Trinajstić information content (AvgIpc) is 3.13. The van der Waals surface area contributed by atoms with Crippen molar-refractivity contribution in [2.75, 3.05) is 26.2 Å². The Hall–Kier alpha value is -2.26. The molecule has 1 N–H and O–H groups in total. The van der Waals surface area contributed by atoms with Crippen molar-refractivity contribution in [3.8, 4) is 11.5 Å². The van der Waals surface area contributed by atoms with Crippen LogP contribution in [-0.4, -0.2) is 67.9 Å². The van der Waals surface area contributed by atoms with Crippen molar-refractivity contribution in [1.29, 1.82) is 0 Å². The standard InChI is InChI=1S/C19H29N5O4/c1-5-19(4,26)11-16(25)24-8-6-7-23(9-10-24)12-15-20-18(28-22-15)17-13(2)21-27-14(17)3/h26H,5-12H2,1-4H3. The molecule has 0 radical (unpaired) electrons. The van der Waals surface area contributed by atoms with E-state index in [0.29, 0.717) is 43.5 Å². The molecule has 2 aromatic heterocycles. The predicted octanol–water partition coefficient (Wildman–Crippen LogP) is 1.93. The molecule has 0 aromatic carbocycles. The smallest absolute Gasteiger partial charge is 0.263 e. The Bertz CT molecular complexity index is 794. The normalized spacial score (nSPS) is 18.1. The molecule has 0 saturated carbocycles. The summed E-state index contributed by atoms with van der Waals surface area (Å²) in [6.07, 6.45) is 1.59. The lowest BCUT2D eigenvalue weighted by Gasteiger charge is -2.26. The molecule has 28 heavy (non-hydrogen) atoms. The second-order valence-corrected chi connectivity index (χ2v) is 7.75. The first-order valence-electron chi connectivity index (χ1n) is 9.77. The molecule has 0 spiro atoms. The quantitative estimate of drug-likeness (QED) is 0.796. The number of carbonyl (C=O) groups excluding carboxylic acids is 1. The van der Waals surface area contributed by atoms with Crippen molar-refractivity contribution >= 4 is 5.91 Å². The van der Waals surface area contributed by atoms with E-state index in [2.05, 4.69) is 20.2 Å². The maximum Gasteiger partial charge on any atom is 0.263 e. The lowest BCUT2D eigenvalue weighted by atomic mass is 9.98. The molecule has 3 rings (SSSR count). The molecular formula is C19H29N5O4. The largest absolute Gasteiger partial charge is 0.390 e. The topological polar surface area (TPSA) is 109 Å². The zero-order valence-electron chi connectivity index (χ0n) is 17.1. The summed E-state index contributed by atoms with van der Waals surface area (Å²) in [4.78, 5) is 21.0. The molecule has 1 saturated heterocycles. The number of hydrogen-bond donors (Lipinski definition) is 1. The average molecular weight is 391 g/mol. The zero-order valence-corrected chi connectivity index (χ0v) is 17.1. The van der Waals surface area contributed by atoms with Crippen molar-refractivity contribution < 1.29 is 18.9 Å². The minimum atomic E-state index is -0.942. The second-order valence-electron chi connectivity index (χ2n) is 7.75. The summed E-state index contributed by atoms with van der Waals surface area (Å²) in [5.41, 5.74) is 0.524. The van der Waals surface area contributed by atoms with Gasteiger partial charge < -0.3 is 19.1 Å². The number of aliphatic hydroxyl groups is 1. The van der Waals surface area contributed by atoms with Crippen molar-refractivity contribution in [3.05, 3.63) is 17.3 Å². The molecular weight excluding hydrogens is 362 g/mol. The number of hydrogen-bond acceptors (Lipinski definition) is 8. The van der Waals surface area contributed by atoms with Crippen LogP contribution >= 0.6 is 0 Å². The van der Waals surface area contributed by atoms with Gasteiger partial charge in [0, 0.05) is 26.2 Å². The van der Waals surface area contributed by atoms with Crippen LogP contribution in [0.2, 0.25) is 0 Å². The summed E-state index contributed by atoms with van der Waals surface area (Å²) in [7, 11) is 0. The summed E-state index contributed by atoms with van der Waals surface area (Å²) < 4.78 is 10.5. The fraction of sp³-hybridized carbons (Fsp3) is 0.684. The van der Waals surface area contributed by atoms with Gasteiger partial charge in [-0.25, -0.2) is 0 Å². The van der Waals surface area contributed by atoms with Crippen LogP contribution in [0.4, 0.5) is 0 Å². The lowest BCUT2D eigenvalue weighted by molar-refractivity contribution is -0.135. The molecule has 9 heteroatoms. The molecule has 1 atom stereocenters. The van der Waals surface area contributed by atoms with Gasteiger partial charge >= 0.3 is 0 Å². The highest BCUT2D eigenvalue weighted by Crippen LogP contribution is 2.25. The fourth-order valence-corrected chi connectivity index (χ4v) is 3.35. The molecule has 3 heterocycles. The highest BCUT2D eigenvalue weighted by atomic mass is 16.5. The molecule has 1 amide bonds. The van der Waals surface area contributed by atoms with Crippen LogP contribution in [0.25, 0.3) is 11.5 Å². The molecule has 1 unspecified atom stereocenters. The highest BCUT2D eigenvalue weighted by Gasteiger charge is 2.27. The molecule has 1 fully saturated rings. The van der Waals surface area contributed by atoms with Gasteiger partial charge in [0.15, 0.2) is 5.82 Å². The van der Waals surface area contributed by atoms with E-state index in [1.807, 2.05) is 25.7 Å². The first-order valence-corrected chi connectivity index (χ1v) is 9.77. The fourth-order valence-electron chi connectivity index (χ4n) is 3.35. The van der Waals surface area contributed by atoms with Gasteiger partial charge in [-0.15, -0.1) is 0 Å². The summed E-state index contributed by atoms with van der Waals surface area (Å²) in [5, 5.41) is 18.2. The minimum absolute atomic E-state index is 0.00829. The predicted molar refractivity (Wildman–Crippen MR) is 101 cm³/mol. The second kappa shape index (κ2) is 8.40. The van der Waals surface area contributed by atoms with Gasteiger partial charge in [0.05, 0.1) is 24.3 Å². The Morgan fingerprint density at radius 2 is 1.96 bits per heavy atom. The number of nitrogens with zero attached hydrogens (tertiary/aromatic N) is 5. The van der Waals surface area contributed by atoms with Crippen LogP contribution in [0, 0.1) is 13.8 Å². The maximum absolute atomic E-state index is 12.5. The highest BCUT2D eigenvalue weighted by molar-refractivity contribution is 5.77. The third-order valence-corrected chi connectivity index (χ3v) is 5.32. The van der Waals surface area contributed by atoms with E-state index in [0.717, 1.165) is 30.8 Å². The Balaban J connectivity index is 1.58. The van der Waals surface area contributed by atoms with Crippen LogP contribution in [-0.2, 0) is 11.3 Å². The first-order chi connectivity index (χ1) is 13.3. The third kappa shape index (κ3) is 4.77. The summed E-state index contributed by atoms with van der Waals surface area (Å²) >= 11 is 0. The number of rotatable bonds is 6. The Labute approximate surface area is 164 Å². The van der Waals surface area contributed by atoms with E-state index in [4.69, 9.17) is 9.05 Å². The summed E-state index contributed by atoms with van der Waals surface area (Å²) in [6.45, 7) is 10.7. The molecule has 0 aliphatic carbocycles. The molecule has 2 aromatic rings. The van der Waals surface area contributed by atoms with Gasteiger partial charge in [-0.05, 0) is 33.6 Å². The van der Waals surface area contributed by atoms with Crippen LogP contribution in [0.5, 0.6) is 0 Å². The zero-order chi connectivity index (χ0) is 20.3. The van der Waals surface area contributed by atoms with Crippen LogP contribution in [0.1, 0.15) is 50.4 Å². The summed E-state index contributed by atoms with van der Waals surface area (Å²) in [6, 6.07) is 0. The Kier molecular flexibility index (Phi) is 6.14. The van der Waals surface area contributed by atoms with Crippen LogP contribution < -0.4 is 0 Å². The van der Waals surface area contributed by atoms with Gasteiger partial charge in [-0.2, -0.15) is 4.98 Å². The SMILES string of the molecule is CCC(C)(O)CC(=O)N1CCCN(Cc2noc(-c3c(C)noc3C)n2)CC1. The van der Waals surface area contributed by atoms with Gasteiger partial charge in [-0.3, -0.25) is 9.69 Å². The molecule has 9 nitrogen and oxygen atoms in total. The summed E-state index contributed by atoms with van der Waals surface area (Å²) in [5.74, 6) is 1.68. The lowest BCUT2D eigenvalue weighted by Crippen LogP contribution is -2.39. The van der Waals surface area contributed by atoms with Crippen molar-refractivity contribution in [2.45, 2.75) is 59.1 Å². The van der Waals surface area contributed by atoms with E-state index >= 15 is 0 Å². The Morgan fingerprint density at radius 1 is 1.18 bits per heavy atom. The van der Waals surface area contributed by atoms with Crippen LogP contribution in [0.3, 0.4) is 0 Å². The van der Waals surface area contributed by atoms with E-state index in [9.17, 15) is 9.90 Å². The first kappa shape index (κ1) is 20.5. The van der Waals surface area contributed by atoms with Crippen molar-refractivity contribution in [3.63, 3.8) is 0 Å². The van der Waals surface area contributed by atoms with Crippen molar-refractivity contribution in [1.82, 2.24) is 25.1 Å². The van der Waals surface area contributed by atoms with Crippen molar-refractivity contribution in [2.24, 2.45) is 0 Å². The van der Waals surface area contributed by atoms with E-state index < -0.39 is 5.60 Å². The van der Waals surface area contributed by atoms with Gasteiger partial charge in [-0.1, -0.05) is 17.2 Å². The molecule has 154 valence electrons. The van der Waals surface area contributed by atoms with Gasteiger partial charge in [0.1, 0.15) is 11.3 Å². The molecule has 0 bridgehead atoms. The number of aromatic nitrogens is 3. The van der Waals surface area contributed by atoms with Gasteiger partial charge in [0.25, 0.3) is 5.89 Å². The number of aryl methyl sites for hydroxylation is 2. The third-order valence-electron chi connectivity index (χ3n) is 5.32. The number of carbonyl (C=O) groups is 1.